The SMILES string of the molecule is Fc1cc(F)cc(NCc2ccc(Br)o2)c1. The number of hydrogen-bond acceptors (Lipinski definition) is 2. The summed E-state index contributed by atoms with van der Waals surface area (Å²) >= 11 is 3.17. The molecule has 0 atom stereocenters. The van der Waals surface area contributed by atoms with Gasteiger partial charge in [-0.3, -0.25) is 0 Å². The molecule has 1 aromatic carbocycles. The van der Waals surface area contributed by atoms with Crippen LogP contribution in [0.1, 0.15) is 5.76 Å². The zero-order valence-electron chi connectivity index (χ0n) is 8.14. The molecule has 5 heteroatoms. The van der Waals surface area contributed by atoms with Crippen molar-refractivity contribution in [3.8, 4) is 0 Å². The van der Waals surface area contributed by atoms with Crippen LogP contribution < -0.4 is 5.32 Å². The number of benzene rings is 1. The molecular weight excluding hydrogens is 280 g/mol. The van der Waals surface area contributed by atoms with Gasteiger partial charge in [-0.1, -0.05) is 0 Å². The predicted molar refractivity (Wildman–Crippen MR) is 60.1 cm³/mol. The van der Waals surface area contributed by atoms with Gasteiger partial charge in [0.25, 0.3) is 0 Å². The number of nitrogens with one attached hydrogen (secondary N) is 1. The van der Waals surface area contributed by atoms with Crippen LogP contribution in [0.4, 0.5) is 14.5 Å². The van der Waals surface area contributed by atoms with Gasteiger partial charge in [0.2, 0.25) is 0 Å². The van der Waals surface area contributed by atoms with Crippen molar-refractivity contribution in [1.29, 1.82) is 0 Å². The predicted octanol–water partition coefficient (Wildman–Crippen LogP) is 3.93. The minimum atomic E-state index is -0.608. The van der Waals surface area contributed by atoms with E-state index in [1.54, 1.807) is 12.1 Å². The van der Waals surface area contributed by atoms with E-state index in [0.29, 0.717) is 22.7 Å². The molecule has 84 valence electrons. The first-order valence-electron chi connectivity index (χ1n) is 4.58. The number of rotatable bonds is 3. The Hall–Kier alpha value is -1.36. The molecule has 2 nitrogen and oxygen atoms in total. The Morgan fingerprint density at radius 3 is 2.38 bits per heavy atom. The third-order valence-corrected chi connectivity index (χ3v) is 2.38. The summed E-state index contributed by atoms with van der Waals surface area (Å²) in [5, 5.41) is 2.86. The average Bonchev–Trinajstić information content (AvgIpc) is 2.60. The van der Waals surface area contributed by atoms with Gasteiger partial charge in [0.1, 0.15) is 17.4 Å². The molecule has 0 aliphatic heterocycles. The van der Waals surface area contributed by atoms with E-state index >= 15 is 0 Å². The second kappa shape index (κ2) is 4.65. The maximum Gasteiger partial charge on any atom is 0.169 e. The first-order chi connectivity index (χ1) is 7.63. The van der Waals surface area contributed by atoms with Gasteiger partial charge in [-0.15, -0.1) is 0 Å². The molecule has 0 spiro atoms. The summed E-state index contributed by atoms with van der Waals surface area (Å²) < 4.78 is 31.5. The van der Waals surface area contributed by atoms with Gasteiger partial charge in [-0.2, -0.15) is 0 Å². The van der Waals surface area contributed by atoms with Crippen LogP contribution in [0, 0.1) is 11.6 Å². The second-order valence-electron chi connectivity index (χ2n) is 3.22. The molecule has 0 saturated heterocycles. The Bertz CT molecular complexity index is 478. The van der Waals surface area contributed by atoms with Crippen LogP contribution in [0.15, 0.2) is 39.4 Å². The normalized spacial score (nSPS) is 10.4. The summed E-state index contributed by atoms with van der Waals surface area (Å²) in [6.45, 7) is 0.370. The zero-order valence-corrected chi connectivity index (χ0v) is 9.72. The van der Waals surface area contributed by atoms with Crippen molar-refractivity contribution in [2.45, 2.75) is 6.54 Å². The smallest absolute Gasteiger partial charge is 0.169 e. The van der Waals surface area contributed by atoms with E-state index in [1.807, 2.05) is 0 Å². The van der Waals surface area contributed by atoms with E-state index in [1.165, 1.54) is 12.1 Å². The van der Waals surface area contributed by atoms with Gasteiger partial charge >= 0.3 is 0 Å². The van der Waals surface area contributed by atoms with Crippen LogP contribution in [0.3, 0.4) is 0 Å². The average molecular weight is 288 g/mol. The van der Waals surface area contributed by atoms with Crippen molar-refractivity contribution >= 4 is 21.6 Å². The van der Waals surface area contributed by atoms with Crippen molar-refractivity contribution in [2.75, 3.05) is 5.32 Å². The van der Waals surface area contributed by atoms with Crippen molar-refractivity contribution < 1.29 is 13.2 Å². The fourth-order valence-electron chi connectivity index (χ4n) is 1.29. The lowest BCUT2D eigenvalue weighted by atomic mass is 10.3. The first kappa shape index (κ1) is 11.1. The van der Waals surface area contributed by atoms with Gasteiger partial charge in [-0.05, 0) is 40.2 Å². The molecule has 0 unspecified atom stereocenters. The second-order valence-corrected chi connectivity index (χ2v) is 4.00. The molecule has 1 heterocycles. The highest BCUT2D eigenvalue weighted by Gasteiger charge is 2.02. The van der Waals surface area contributed by atoms with Crippen molar-refractivity contribution in [3.05, 3.63) is 52.4 Å². The molecule has 16 heavy (non-hydrogen) atoms. The standard InChI is InChI=1S/C11H8BrF2NO/c12-11-2-1-10(16-11)6-15-9-4-7(13)3-8(14)5-9/h1-5,15H,6H2. The largest absolute Gasteiger partial charge is 0.452 e. The van der Waals surface area contributed by atoms with E-state index in [4.69, 9.17) is 4.42 Å². The molecular formula is C11H8BrF2NO. The third-order valence-electron chi connectivity index (χ3n) is 1.96. The third kappa shape index (κ3) is 2.82. The number of furan rings is 1. The molecule has 0 bridgehead atoms. The lowest BCUT2D eigenvalue weighted by Gasteiger charge is -2.04. The van der Waals surface area contributed by atoms with Crippen LogP contribution in [0.5, 0.6) is 0 Å². The Kier molecular flexibility index (Phi) is 3.24. The van der Waals surface area contributed by atoms with Gasteiger partial charge in [0, 0.05) is 11.8 Å². The number of hydrogen-bond donors (Lipinski definition) is 1. The molecule has 2 aromatic rings. The highest BCUT2D eigenvalue weighted by Crippen LogP contribution is 2.17. The Labute approximate surface area is 99.4 Å². The molecule has 0 saturated carbocycles. The molecule has 2 rings (SSSR count). The Balaban J connectivity index is 2.04. The highest BCUT2D eigenvalue weighted by atomic mass is 79.9. The monoisotopic (exact) mass is 287 g/mol. The van der Waals surface area contributed by atoms with Crippen LogP contribution >= 0.6 is 15.9 Å². The maximum absolute atomic E-state index is 12.8. The van der Waals surface area contributed by atoms with Crippen LogP contribution in [0.25, 0.3) is 0 Å². The van der Waals surface area contributed by atoms with Crippen LogP contribution in [0.2, 0.25) is 0 Å². The maximum atomic E-state index is 12.8. The van der Waals surface area contributed by atoms with Crippen molar-refractivity contribution in [3.63, 3.8) is 0 Å². The molecule has 0 aliphatic carbocycles. The molecule has 0 radical (unpaired) electrons. The first-order valence-corrected chi connectivity index (χ1v) is 5.37. The topological polar surface area (TPSA) is 25.2 Å². The fraction of sp³-hybridized carbons (Fsp3) is 0.0909. The highest BCUT2D eigenvalue weighted by molar-refractivity contribution is 9.10. The van der Waals surface area contributed by atoms with E-state index < -0.39 is 11.6 Å². The zero-order chi connectivity index (χ0) is 11.5. The van der Waals surface area contributed by atoms with E-state index in [9.17, 15) is 8.78 Å². The lowest BCUT2D eigenvalue weighted by Crippen LogP contribution is -1.99. The summed E-state index contributed by atoms with van der Waals surface area (Å²) in [7, 11) is 0. The van der Waals surface area contributed by atoms with Gasteiger partial charge < -0.3 is 9.73 Å². The van der Waals surface area contributed by atoms with Crippen LogP contribution in [-0.4, -0.2) is 0 Å². The fourth-order valence-corrected chi connectivity index (χ4v) is 1.63. The summed E-state index contributed by atoms with van der Waals surface area (Å²) in [5.74, 6) is -0.539. The Morgan fingerprint density at radius 1 is 1.12 bits per heavy atom. The minimum Gasteiger partial charge on any atom is -0.452 e. The number of halogens is 3. The molecule has 1 aromatic heterocycles. The summed E-state index contributed by atoms with van der Waals surface area (Å²) in [6.07, 6.45) is 0. The molecule has 0 fully saturated rings. The van der Waals surface area contributed by atoms with Gasteiger partial charge in [-0.25, -0.2) is 8.78 Å². The summed E-state index contributed by atoms with van der Waals surface area (Å²) in [5.41, 5.74) is 0.380. The minimum absolute atomic E-state index is 0.370. The Morgan fingerprint density at radius 2 is 1.81 bits per heavy atom. The quantitative estimate of drug-likeness (QED) is 0.925. The summed E-state index contributed by atoms with van der Waals surface area (Å²) in [4.78, 5) is 0. The van der Waals surface area contributed by atoms with Crippen molar-refractivity contribution in [1.82, 2.24) is 0 Å². The van der Waals surface area contributed by atoms with E-state index in [-0.39, 0.29) is 0 Å². The molecule has 0 amide bonds. The van der Waals surface area contributed by atoms with Crippen molar-refractivity contribution in [2.24, 2.45) is 0 Å². The molecule has 1 N–H and O–H groups in total. The van der Waals surface area contributed by atoms with Crippen LogP contribution in [-0.2, 0) is 6.54 Å². The number of anilines is 1. The summed E-state index contributed by atoms with van der Waals surface area (Å²) in [6, 6.07) is 6.80. The lowest BCUT2D eigenvalue weighted by molar-refractivity contribution is 0.495. The van der Waals surface area contributed by atoms with E-state index in [2.05, 4.69) is 21.2 Å². The molecule has 0 aliphatic rings. The van der Waals surface area contributed by atoms with Gasteiger partial charge in [0.05, 0.1) is 6.54 Å². The van der Waals surface area contributed by atoms with E-state index in [0.717, 1.165) is 6.07 Å². The van der Waals surface area contributed by atoms with Gasteiger partial charge in [0.15, 0.2) is 4.67 Å².